The second-order valence-electron chi connectivity index (χ2n) is 14.4. The van der Waals surface area contributed by atoms with Crippen molar-refractivity contribution in [3.8, 4) is 28.1 Å². The van der Waals surface area contributed by atoms with Crippen molar-refractivity contribution in [2.75, 3.05) is 0 Å². The van der Waals surface area contributed by atoms with Crippen molar-refractivity contribution < 1.29 is 0 Å². The van der Waals surface area contributed by atoms with Gasteiger partial charge in [-0.15, -0.1) is 0 Å². The van der Waals surface area contributed by atoms with Gasteiger partial charge in [0.25, 0.3) is 0 Å². The summed E-state index contributed by atoms with van der Waals surface area (Å²) in [6, 6.07) is 56.2. The van der Waals surface area contributed by atoms with Crippen LogP contribution >= 0.6 is 23.5 Å². The number of hydrogen-bond donors (Lipinski definition) is 0. The van der Waals surface area contributed by atoms with E-state index >= 15 is 0 Å². The van der Waals surface area contributed by atoms with Crippen molar-refractivity contribution in [3.05, 3.63) is 197 Å². The highest BCUT2D eigenvalue weighted by Gasteiger charge is 2.50. The molecule has 11 rings (SSSR count). The molecule has 0 saturated carbocycles. The van der Waals surface area contributed by atoms with E-state index < -0.39 is 5.41 Å². The van der Waals surface area contributed by atoms with E-state index in [9.17, 15) is 0 Å². The van der Waals surface area contributed by atoms with Gasteiger partial charge in [0, 0.05) is 47.8 Å². The normalized spacial score (nSPS) is 18.5. The molecule has 0 fully saturated rings. The van der Waals surface area contributed by atoms with Crippen LogP contribution in [0.4, 0.5) is 0 Å². The second-order valence-corrected chi connectivity index (χ2v) is 16.6. The van der Waals surface area contributed by atoms with E-state index in [0.29, 0.717) is 5.92 Å². The van der Waals surface area contributed by atoms with E-state index in [1.165, 1.54) is 80.5 Å². The van der Waals surface area contributed by atoms with Crippen LogP contribution in [0.5, 0.6) is 0 Å². The van der Waals surface area contributed by atoms with Gasteiger partial charge in [-0.05, 0) is 106 Å². The van der Waals surface area contributed by atoms with Gasteiger partial charge in [-0.25, -0.2) is 0 Å². The topological polar surface area (TPSA) is 17.8 Å². The molecule has 0 N–H and O–H groups in total. The summed E-state index contributed by atoms with van der Waals surface area (Å²) in [4.78, 5) is 10.1. The van der Waals surface area contributed by atoms with Crippen LogP contribution in [0.1, 0.15) is 30.0 Å². The summed E-state index contributed by atoms with van der Waals surface area (Å²) < 4.78 is 2.42. The molecule has 2 unspecified atom stereocenters. The monoisotopic (exact) mass is 714 g/mol. The van der Waals surface area contributed by atoms with E-state index in [4.69, 9.17) is 4.98 Å². The van der Waals surface area contributed by atoms with Gasteiger partial charge in [0.05, 0.1) is 22.1 Å². The minimum Gasteiger partial charge on any atom is -0.309 e. The van der Waals surface area contributed by atoms with E-state index in [2.05, 4.69) is 169 Å². The van der Waals surface area contributed by atoms with E-state index in [-0.39, 0.29) is 0 Å². The maximum atomic E-state index is 4.73. The lowest BCUT2D eigenvalue weighted by Crippen LogP contribution is -2.38. The van der Waals surface area contributed by atoms with Crippen molar-refractivity contribution in [3.63, 3.8) is 0 Å². The number of thioether (sulfide) groups is 1. The average Bonchev–Trinajstić information content (AvgIpc) is 3.55. The molecule has 2 atom stereocenters. The number of para-hydroxylation sites is 2. The second kappa shape index (κ2) is 12.0. The first-order valence-electron chi connectivity index (χ1n) is 18.3. The molecule has 53 heavy (non-hydrogen) atoms. The van der Waals surface area contributed by atoms with Crippen molar-refractivity contribution in [2.45, 2.75) is 33.4 Å². The number of aromatic nitrogens is 2. The molecular formula is C49H34N2S2. The van der Waals surface area contributed by atoms with Crippen LogP contribution in [-0.4, -0.2) is 9.55 Å². The zero-order chi connectivity index (χ0) is 35.1. The fraction of sp³-hybridized carbons (Fsp3) is 0.0816. The van der Waals surface area contributed by atoms with Crippen molar-refractivity contribution in [1.29, 1.82) is 0 Å². The van der Waals surface area contributed by atoms with Crippen LogP contribution in [0.25, 0.3) is 49.9 Å². The van der Waals surface area contributed by atoms with Crippen LogP contribution in [0.2, 0.25) is 0 Å². The molecule has 1 spiro atoms. The van der Waals surface area contributed by atoms with Crippen LogP contribution in [0.15, 0.2) is 195 Å². The van der Waals surface area contributed by atoms with Gasteiger partial charge < -0.3 is 4.57 Å². The largest absolute Gasteiger partial charge is 0.309 e. The lowest BCUT2D eigenvalue weighted by molar-refractivity contribution is 0.579. The first-order chi connectivity index (χ1) is 26.2. The van der Waals surface area contributed by atoms with E-state index in [0.717, 1.165) is 17.7 Å². The third-order valence-electron chi connectivity index (χ3n) is 11.3. The maximum absolute atomic E-state index is 4.73. The predicted molar refractivity (Wildman–Crippen MR) is 222 cm³/mol. The van der Waals surface area contributed by atoms with Crippen LogP contribution in [0, 0.1) is 5.92 Å². The maximum Gasteiger partial charge on any atom is 0.0708 e. The number of pyridine rings is 1. The highest BCUT2D eigenvalue weighted by molar-refractivity contribution is 8.03. The van der Waals surface area contributed by atoms with Gasteiger partial charge in [-0.1, -0.05) is 134 Å². The summed E-state index contributed by atoms with van der Waals surface area (Å²) in [6.07, 6.45) is 7.70. The van der Waals surface area contributed by atoms with Crippen LogP contribution in [-0.2, 0) is 5.41 Å². The number of rotatable bonds is 3. The molecule has 0 amide bonds. The molecule has 2 aliphatic heterocycles. The third-order valence-corrected chi connectivity index (χ3v) is 13.6. The van der Waals surface area contributed by atoms with E-state index in [1.54, 1.807) is 0 Å². The number of allylic oxidation sites excluding steroid dienone is 3. The molecule has 3 aliphatic rings. The molecule has 2 nitrogen and oxygen atoms in total. The third kappa shape index (κ3) is 4.65. The Labute approximate surface area is 317 Å². The van der Waals surface area contributed by atoms with Gasteiger partial charge in [-0.3, -0.25) is 4.98 Å². The summed E-state index contributed by atoms with van der Waals surface area (Å²) in [5, 5.41) is 2.54. The van der Waals surface area contributed by atoms with Crippen LogP contribution in [0.3, 0.4) is 0 Å². The molecule has 8 aromatic rings. The zero-order valence-electron chi connectivity index (χ0n) is 29.2. The number of hydrogen-bond acceptors (Lipinski definition) is 3. The Morgan fingerprint density at radius 3 is 2.23 bits per heavy atom. The van der Waals surface area contributed by atoms with Crippen LogP contribution < -0.4 is 0 Å². The summed E-state index contributed by atoms with van der Waals surface area (Å²) in [7, 11) is 0. The van der Waals surface area contributed by atoms with Crippen molar-refractivity contribution >= 4 is 45.3 Å². The lowest BCUT2D eigenvalue weighted by atomic mass is 9.61. The fourth-order valence-electron chi connectivity index (χ4n) is 9.01. The molecule has 0 bridgehead atoms. The van der Waals surface area contributed by atoms with Gasteiger partial charge >= 0.3 is 0 Å². The first kappa shape index (κ1) is 31.0. The van der Waals surface area contributed by atoms with Gasteiger partial charge in [-0.2, -0.15) is 0 Å². The molecular weight excluding hydrogens is 681 g/mol. The van der Waals surface area contributed by atoms with Gasteiger partial charge in [0.1, 0.15) is 0 Å². The average molecular weight is 715 g/mol. The Balaban J connectivity index is 1.18. The SMILES string of the molecule is CC1C=CC2=C(C1)C1(c3ccccc3S2)c2ccc(-c3ccccn3)cc2Sc2ccc(-c3ccc4c5ccccc5n(-c5ccccc5)c4c3)cc21. The quantitative estimate of drug-likeness (QED) is 0.181. The first-order valence-corrected chi connectivity index (χ1v) is 20.0. The lowest BCUT2D eigenvalue weighted by Gasteiger charge is -2.48. The molecule has 0 radical (unpaired) electrons. The Hall–Kier alpha value is -5.55. The minimum absolute atomic E-state index is 0.423. The molecule has 0 saturated heterocycles. The summed E-state index contributed by atoms with van der Waals surface area (Å²) in [6.45, 7) is 2.36. The Kier molecular flexibility index (Phi) is 7.02. The summed E-state index contributed by atoms with van der Waals surface area (Å²) >= 11 is 3.84. The molecule has 252 valence electrons. The Bertz CT molecular complexity index is 2830. The standard InChI is InChI=1S/C49H34N2S2/c1-31-18-24-46-40(27-31)49(38-14-6-8-17-45(38)52-46)39-23-20-34(42-15-9-10-26-50-42)30-48(39)53-47-25-21-32(28-41(47)49)33-19-22-37-36-13-5-7-16-43(36)51(44(37)29-33)35-11-3-2-4-12-35/h2-26,28-31H,27H2,1H3. The van der Waals surface area contributed by atoms with Crippen molar-refractivity contribution in [2.24, 2.45) is 5.92 Å². The highest BCUT2D eigenvalue weighted by atomic mass is 32.2. The predicted octanol–water partition coefficient (Wildman–Crippen LogP) is 13.3. The molecule has 4 heterocycles. The molecule has 2 aromatic heterocycles. The smallest absolute Gasteiger partial charge is 0.0708 e. The minimum atomic E-state index is -0.423. The highest BCUT2D eigenvalue weighted by Crippen LogP contribution is 2.63. The zero-order valence-corrected chi connectivity index (χ0v) is 30.8. The Morgan fingerprint density at radius 1 is 0.585 bits per heavy atom. The summed E-state index contributed by atoms with van der Waals surface area (Å²) in [5.74, 6) is 0.455. The number of nitrogens with zero attached hydrogens (tertiary/aromatic N) is 2. The molecule has 6 aromatic carbocycles. The Morgan fingerprint density at radius 2 is 1.32 bits per heavy atom. The number of fused-ring (bicyclic) bond motifs is 10. The van der Waals surface area contributed by atoms with E-state index in [1.807, 2.05) is 35.8 Å². The molecule has 1 aliphatic carbocycles. The molecule has 4 heteroatoms. The number of benzene rings is 6. The van der Waals surface area contributed by atoms with Gasteiger partial charge in [0.2, 0.25) is 0 Å². The summed E-state index contributed by atoms with van der Waals surface area (Å²) in [5.41, 5.74) is 13.5. The van der Waals surface area contributed by atoms with Crippen molar-refractivity contribution in [1.82, 2.24) is 9.55 Å². The fourth-order valence-corrected chi connectivity index (χ4v) is 11.4. The van der Waals surface area contributed by atoms with Gasteiger partial charge in [0.15, 0.2) is 0 Å².